The number of esters is 1. The summed E-state index contributed by atoms with van der Waals surface area (Å²) in [4.78, 5) is 40.2. The number of nitro benzene ring substituents is 1. The number of carbonyl (C=O) groups excluding carboxylic acids is 2. The van der Waals surface area contributed by atoms with Crippen LogP contribution in [0.4, 0.5) is 5.69 Å². The van der Waals surface area contributed by atoms with E-state index < -0.39 is 22.9 Å². The third-order valence-corrected chi connectivity index (χ3v) is 6.27. The number of ether oxygens (including phenoxy) is 1. The van der Waals surface area contributed by atoms with E-state index in [4.69, 9.17) is 4.74 Å². The number of hydrogen-bond donors (Lipinski definition) is 1. The zero-order chi connectivity index (χ0) is 22.4. The van der Waals surface area contributed by atoms with Gasteiger partial charge < -0.3 is 10.1 Å². The van der Waals surface area contributed by atoms with Crippen molar-refractivity contribution >= 4 is 40.7 Å². The molecule has 160 valence electrons. The Balaban J connectivity index is 1.65. The monoisotopic (exact) mass is 457 g/mol. The zero-order valence-corrected chi connectivity index (χ0v) is 18.4. The van der Waals surface area contributed by atoms with Gasteiger partial charge in [0.15, 0.2) is 10.4 Å². The minimum atomic E-state index is -1.05. The first kappa shape index (κ1) is 22.4. The predicted molar refractivity (Wildman–Crippen MR) is 117 cm³/mol. The Kier molecular flexibility index (Phi) is 7.37. The van der Waals surface area contributed by atoms with Gasteiger partial charge in [0.1, 0.15) is 0 Å². The minimum Gasteiger partial charge on any atom is -0.449 e. The number of thiazole rings is 1. The standard InChI is InChI=1S/C21H19N3O5S2/c1-13-12-30-21(23-13)31-18-9-8-16(10-17(18)24(27)28)20(26)29-14(2)19(25)22-11-15-6-4-3-5-7-15/h3-10,12,14H,11H2,1-2H3,(H,22,25). The van der Waals surface area contributed by atoms with Crippen molar-refractivity contribution < 1.29 is 19.2 Å². The smallest absolute Gasteiger partial charge is 0.339 e. The molecule has 1 aromatic heterocycles. The lowest BCUT2D eigenvalue weighted by Crippen LogP contribution is -2.35. The Hall–Kier alpha value is -3.24. The predicted octanol–water partition coefficient (Wildman–Crippen LogP) is 4.37. The summed E-state index contributed by atoms with van der Waals surface area (Å²) in [5.74, 6) is -1.27. The number of nitrogens with zero attached hydrogens (tertiary/aromatic N) is 2. The molecule has 0 bridgehead atoms. The maximum absolute atomic E-state index is 12.4. The first-order valence-electron chi connectivity index (χ1n) is 9.24. The molecule has 1 heterocycles. The van der Waals surface area contributed by atoms with Gasteiger partial charge in [-0.05, 0) is 31.5 Å². The molecule has 0 aliphatic rings. The van der Waals surface area contributed by atoms with Crippen LogP contribution in [0.3, 0.4) is 0 Å². The molecule has 8 nitrogen and oxygen atoms in total. The van der Waals surface area contributed by atoms with Crippen molar-refractivity contribution in [3.63, 3.8) is 0 Å². The molecular formula is C21H19N3O5S2. The molecule has 0 spiro atoms. The molecule has 1 amide bonds. The number of nitrogens with one attached hydrogen (secondary N) is 1. The second-order valence-electron chi connectivity index (χ2n) is 6.55. The van der Waals surface area contributed by atoms with Crippen LogP contribution in [-0.4, -0.2) is 27.9 Å². The van der Waals surface area contributed by atoms with Crippen molar-refractivity contribution in [2.45, 2.75) is 35.7 Å². The molecule has 31 heavy (non-hydrogen) atoms. The number of rotatable bonds is 8. The fourth-order valence-electron chi connectivity index (χ4n) is 2.56. The van der Waals surface area contributed by atoms with Crippen LogP contribution in [-0.2, 0) is 16.1 Å². The second-order valence-corrected chi connectivity index (χ2v) is 8.69. The fourth-order valence-corrected chi connectivity index (χ4v) is 4.44. The Morgan fingerprint density at radius 2 is 2.00 bits per heavy atom. The summed E-state index contributed by atoms with van der Waals surface area (Å²) in [5.41, 5.74) is 1.51. The van der Waals surface area contributed by atoms with Crippen molar-refractivity contribution in [2.24, 2.45) is 0 Å². The van der Waals surface area contributed by atoms with Crippen molar-refractivity contribution in [1.29, 1.82) is 0 Å². The summed E-state index contributed by atoms with van der Waals surface area (Å²) in [6.07, 6.45) is -1.05. The summed E-state index contributed by atoms with van der Waals surface area (Å²) in [7, 11) is 0. The molecule has 2 aromatic carbocycles. The Labute approximate surface area is 186 Å². The molecular weight excluding hydrogens is 438 g/mol. The Morgan fingerprint density at radius 3 is 2.65 bits per heavy atom. The van der Waals surface area contributed by atoms with E-state index in [9.17, 15) is 19.7 Å². The number of amides is 1. The van der Waals surface area contributed by atoms with Gasteiger partial charge in [0.25, 0.3) is 11.6 Å². The number of hydrogen-bond acceptors (Lipinski definition) is 8. The maximum Gasteiger partial charge on any atom is 0.339 e. The molecule has 0 saturated heterocycles. The van der Waals surface area contributed by atoms with E-state index >= 15 is 0 Å². The van der Waals surface area contributed by atoms with Gasteiger partial charge in [-0.15, -0.1) is 11.3 Å². The van der Waals surface area contributed by atoms with Gasteiger partial charge in [-0.1, -0.05) is 42.1 Å². The largest absolute Gasteiger partial charge is 0.449 e. The van der Waals surface area contributed by atoms with Crippen molar-refractivity contribution in [3.8, 4) is 0 Å². The number of nitro groups is 1. The second kappa shape index (κ2) is 10.2. The van der Waals surface area contributed by atoms with E-state index in [1.165, 1.54) is 30.4 Å². The van der Waals surface area contributed by atoms with E-state index in [-0.39, 0.29) is 11.3 Å². The van der Waals surface area contributed by atoms with Crippen LogP contribution in [0, 0.1) is 17.0 Å². The third kappa shape index (κ3) is 6.12. The topological polar surface area (TPSA) is 111 Å². The molecule has 3 rings (SSSR count). The molecule has 10 heteroatoms. The van der Waals surface area contributed by atoms with Gasteiger partial charge in [-0.25, -0.2) is 9.78 Å². The van der Waals surface area contributed by atoms with E-state index in [1.807, 2.05) is 42.6 Å². The highest BCUT2D eigenvalue weighted by Gasteiger charge is 2.23. The Bertz CT molecular complexity index is 1100. The lowest BCUT2D eigenvalue weighted by molar-refractivity contribution is -0.387. The van der Waals surface area contributed by atoms with Crippen LogP contribution < -0.4 is 5.32 Å². The fraction of sp³-hybridized carbons (Fsp3) is 0.190. The van der Waals surface area contributed by atoms with Gasteiger partial charge >= 0.3 is 5.97 Å². The summed E-state index contributed by atoms with van der Waals surface area (Å²) in [5, 5.41) is 16.0. The van der Waals surface area contributed by atoms with E-state index in [0.29, 0.717) is 15.8 Å². The van der Waals surface area contributed by atoms with Crippen LogP contribution in [0.5, 0.6) is 0 Å². The zero-order valence-electron chi connectivity index (χ0n) is 16.7. The number of aromatic nitrogens is 1. The third-order valence-electron chi connectivity index (χ3n) is 4.15. The first-order valence-corrected chi connectivity index (χ1v) is 10.9. The molecule has 0 aliphatic carbocycles. The highest BCUT2D eigenvalue weighted by atomic mass is 32.2. The molecule has 1 atom stereocenters. The number of benzene rings is 2. The highest BCUT2D eigenvalue weighted by Crippen LogP contribution is 2.36. The first-order chi connectivity index (χ1) is 14.8. The van der Waals surface area contributed by atoms with Crippen LogP contribution in [0.2, 0.25) is 0 Å². The summed E-state index contributed by atoms with van der Waals surface area (Å²) < 4.78 is 5.86. The van der Waals surface area contributed by atoms with E-state index in [1.54, 1.807) is 0 Å². The maximum atomic E-state index is 12.4. The number of aryl methyl sites for hydroxylation is 1. The molecule has 1 N–H and O–H groups in total. The average molecular weight is 458 g/mol. The lowest BCUT2D eigenvalue weighted by Gasteiger charge is -2.14. The van der Waals surface area contributed by atoms with E-state index in [2.05, 4.69) is 10.3 Å². The van der Waals surface area contributed by atoms with Gasteiger partial charge in [-0.3, -0.25) is 14.9 Å². The van der Waals surface area contributed by atoms with Crippen LogP contribution in [0.25, 0.3) is 0 Å². The van der Waals surface area contributed by atoms with Crippen molar-refractivity contribution in [2.75, 3.05) is 0 Å². The van der Waals surface area contributed by atoms with Gasteiger partial charge in [0, 0.05) is 23.7 Å². The molecule has 0 radical (unpaired) electrons. The SMILES string of the molecule is Cc1csc(Sc2ccc(C(=O)OC(C)C(=O)NCc3ccccc3)cc2[N+](=O)[O-])n1. The minimum absolute atomic E-state index is 0.00548. The summed E-state index contributed by atoms with van der Waals surface area (Å²) >= 11 is 2.54. The van der Waals surface area contributed by atoms with E-state index in [0.717, 1.165) is 29.1 Å². The van der Waals surface area contributed by atoms with Crippen LogP contribution in [0.1, 0.15) is 28.5 Å². The molecule has 0 saturated carbocycles. The van der Waals surface area contributed by atoms with Crippen molar-refractivity contribution in [1.82, 2.24) is 10.3 Å². The van der Waals surface area contributed by atoms with Crippen molar-refractivity contribution in [3.05, 3.63) is 80.8 Å². The van der Waals surface area contributed by atoms with Crippen LogP contribution in [0.15, 0.2) is 63.1 Å². The lowest BCUT2D eigenvalue weighted by atomic mass is 10.2. The van der Waals surface area contributed by atoms with Crippen LogP contribution >= 0.6 is 23.1 Å². The summed E-state index contributed by atoms with van der Waals surface area (Å²) in [6, 6.07) is 13.4. The molecule has 0 aliphatic heterocycles. The summed E-state index contributed by atoms with van der Waals surface area (Å²) in [6.45, 7) is 3.59. The molecule has 3 aromatic rings. The van der Waals surface area contributed by atoms with Gasteiger partial charge in [-0.2, -0.15) is 0 Å². The normalized spacial score (nSPS) is 11.5. The Morgan fingerprint density at radius 1 is 1.26 bits per heavy atom. The number of carbonyl (C=O) groups is 2. The highest BCUT2D eigenvalue weighted by molar-refractivity contribution is 8.01. The molecule has 0 fully saturated rings. The average Bonchev–Trinajstić information content (AvgIpc) is 3.17. The van der Waals surface area contributed by atoms with Gasteiger partial charge in [0.2, 0.25) is 0 Å². The quantitative estimate of drug-likeness (QED) is 0.304. The van der Waals surface area contributed by atoms with Gasteiger partial charge in [0.05, 0.1) is 15.4 Å². The molecule has 1 unspecified atom stereocenters.